The zero-order chi connectivity index (χ0) is 20.7. The maximum absolute atomic E-state index is 13.7. The number of benzene rings is 2. The monoisotopic (exact) mass is 401 g/mol. The van der Waals surface area contributed by atoms with Gasteiger partial charge in [0, 0.05) is 6.42 Å². The van der Waals surface area contributed by atoms with E-state index in [1.54, 1.807) is 18.2 Å². The van der Waals surface area contributed by atoms with E-state index >= 15 is 0 Å². The summed E-state index contributed by atoms with van der Waals surface area (Å²) in [5.41, 5.74) is 5.28. The van der Waals surface area contributed by atoms with E-state index in [2.05, 4.69) is 10.9 Å². The van der Waals surface area contributed by atoms with Gasteiger partial charge in [0.25, 0.3) is 0 Å². The van der Waals surface area contributed by atoms with E-state index in [1.165, 1.54) is 38.1 Å². The van der Waals surface area contributed by atoms with Crippen LogP contribution in [-0.4, -0.2) is 27.7 Å². The van der Waals surface area contributed by atoms with E-state index in [-0.39, 0.29) is 23.4 Å². The van der Waals surface area contributed by atoms with Crippen LogP contribution >= 0.6 is 0 Å². The van der Waals surface area contributed by atoms with Gasteiger partial charge in [0.05, 0.1) is 16.3 Å². The highest BCUT2D eigenvalue weighted by Crippen LogP contribution is 2.35. The van der Waals surface area contributed by atoms with Gasteiger partial charge in [-0.25, -0.2) is 21.8 Å². The van der Waals surface area contributed by atoms with Crippen molar-refractivity contribution in [3.8, 4) is 12.3 Å². The van der Waals surface area contributed by atoms with Crippen LogP contribution in [0.1, 0.15) is 31.4 Å². The van der Waals surface area contributed by atoms with Crippen molar-refractivity contribution in [1.29, 1.82) is 0 Å². The van der Waals surface area contributed by atoms with Gasteiger partial charge < -0.3 is 10.8 Å². The molecule has 6 nitrogen and oxygen atoms in total. The Morgan fingerprint density at radius 2 is 1.96 bits per heavy atom. The standard InChI is InChI=1S/C20H20FN3O3S/c1-4-10-20(25,14-6-5-7-16(21)11-14)15-8-9-17-18(12-15)24(19(22)23-17)28(26,27)13(2)3/h1,5-9,11-13,25H,10H2,2-3H3,(H2,22,23). The topological polar surface area (TPSA) is 98.2 Å². The van der Waals surface area contributed by atoms with Gasteiger partial charge in [-0.2, -0.15) is 0 Å². The minimum Gasteiger partial charge on any atom is -0.379 e. The Kier molecular flexibility index (Phi) is 4.91. The van der Waals surface area contributed by atoms with E-state index in [0.717, 1.165) is 3.97 Å². The second kappa shape index (κ2) is 6.93. The predicted octanol–water partition coefficient (Wildman–Crippen LogP) is 2.60. The highest BCUT2D eigenvalue weighted by Gasteiger charge is 2.33. The van der Waals surface area contributed by atoms with Gasteiger partial charge in [-0.05, 0) is 49.2 Å². The first kappa shape index (κ1) is 19.9. The summed E-state index contributed by atoms with van der Waals surface area (Å²) in [5.74, 6) is 1.71. The highest BCUT2D eigenvalue weighted by molar-refractivity contribution is 7.90. The Balaban J connectivity index is 2.30. The lowest BCUT2D eigenvalue weighted by molar-refractivity contribution is 0.0863. The Morgan fingerprint density at radius 3 is 2.57 bits per heavy atom. The van der Waals surface area contributed by atoms with Crippen LogP contribution in [0.2, 0.25) is 0 Å². The first-order chi connectivity index (χ1) is 13.1. The smallest absolute Gasteiger partial charge is 0.244 e. The number of rotatable bonds is 5. The number of fused-ring (bicyclic) bond motifs is 1. The first-order valence-electron chi connectivity index (χ1n) is 8.56. The lowest BCUT2D eigenvalue weighted by Gasteiger charge is -2.27. The van der Waals surface area contributed by atoms with E-state index in [4.69, 9.17) is 12.2 Å². The van der Waals surface area contributed by atoms with Crippen LogP contribution in [0.25, 0.3) is 11.0 Å². The van der Waals surface area contributed by atoms with Crippen molar-refractivity contribution in [3.05, 3.63) is 59.4 Å². The molecule has 0 saturated carbocycles. The molecule has 146 valence electrons. The van der Waals surface area contributed by atoms with Gasteiger partial charge in [-0.1, -0.05) is 18.2 Å². The first-order valence-corrected chi connectivity index (χ1v) is 10.1. The summed E-state index contributed by atoms with van der Waals surface area (Å²) in [6.45, 7) is 3.07. The maximum Gasteiger partial charge on any atom is 0.244 e. The van der Waals surface area contributed by atoms with Crippen molar-refractivity contribution in [3.63, 3.8) is 0 Å². The molecule has 0 fully saturated rings. The van der Waals surface area contributed by atoms with E-state index in [1.807, 2.05) is 0 Å². The highest BCUT2D eigenvalue weighted by atomic mass is 32.2. The quantitative estimate of drug-likeness (QED) is 0.641. The molecule has 1 unspecified atom stereocenters. The summed E-state index contributed by atoms with van der Waals surface area (Å²) >= 11 is 0. The van der Waals surface area contributed by atoms with Crippen molar-refractivity contribution in [1.82, 2.24) is 8.96 Å². The fourth-order valence-electron chi connectivity index (χ4n) is 3.07. The molecule has 28 heavy (non-hydrogen) atoms. The number of nitrogen functional groups attached to an aromatic ring is 1. The molecule has 0 spiro atoms. The van der Waals surface area contributed by atoms with Gasteiger partial charge >= 0.3 is 0 Å². The fraction of sp³-hybridized carbons (Fsp3) is 0.250. The second-order valence-electron chi connectivity index (χ2n) is 6.78. The summed E-state index contributed by atoms with van der Waals surface area (Å²) in [4.78, 5) is 4.10. The van der Waals surface area contributed by atoms with Gasteiger partial charge in [0.15, 0.2) is 0 Å². The molecular formula is C20H20FN3O3S. The van der Waals surface area contributed by atoms with E-state index < -0.39 is 26.7 Å². The van der Waals surface area contributed by atoms with Crippen molar-refractivity contribution >= 4 is 27.0 Å². The fourth-order valence-corrected chi connectivity index (χ4v) is 4.22. The molecule has 0 aliphatic rings. The van der Waals surface area contributed by atoms with Crippen molar-refractivity contribution in [2.24, 2.45) is 0 Å². The van der Waals surface area contributed by atoms with Gasteiger partial charge in [-0.3, -0.25) is 0 Å². The van der Waals surface area contributed by atoms with Gasteiger partial charge in [0.1, 0.15) is 11.4 Å². The average molecular weight is 401 g/mol. The molecule has 1 aromatic heterocycles. The SMILES string of the molecule is C#CCC(O)(c1cccc(F)c1)c1ccc2nc(N)n(S(=O)(=O)C(C)C)c2c1. The maximum atomic E-state index is 13.7. The predicted molar refractivity (Wildman–Crippen MR) is 106 cm³/mol. The molecule has 0 amide bonds. The molecule has 8 heteroatoms. The molecule has 0 saturated heterocycles. The summed E-state index contributed by atoms with van der Waals surface area (Å²) in [6, 6.07) is 10.1. The molecule has 0 aliphatic heterocycles. The molecule has 0 radical (unpaired) electrons. The van der Waals surface area contributed by atoms with Crippen molar-refractivity contribution in [2.75, 3.05) is 5.73 Å². The number of hydrogen-bond acceptors (Lipinski definition) is 5. The van der Waals surface area contributed by atoms with Crippen LogP contribution in [0.4, 0.5) is 10.3 Å². The van der Waals surface area contributed by atoms with Crippen molar-refractivity contribution < 1.29 is 17.9 Å². The number of imidazole rings is 1. The summed E-state index contributed by atoms with van der Waals surface area (Å²) < 4.78 is 40.2. The number of terminal acetylenes is 1. The van der Waals surface area contributed by atoms with Crippen LogP contribution in [0.3, 0.4) is 0 Å². The molecule has 1 heterocycles. The normalized spacial score (nSPS) is 14.1. The Morgan fingerprint density at radius 1 is 1.29 bits per heavy atom. The lowest BCUT2D eigenvalue weighted by atomic mass is 9.83. The Bertz CT molecular complexity index is 1200. The average Bonchev–Trinajstić information content (AvgIpc) is 2.97. The zero-order valence-electron chi connectivity index (χ0n) is 15.4. The van der Waals surface area contributed by atoms with Crippen LogP contribution in [0.15, 0.2) is 42.5 Å². The number of aromatic nitrogens is 2. The van der Waals surface area contributed by atoms with Crippen molar-refractivity contribution in [2.45, 2.75) is 31.1 Å². The third-order valence-electron chi connectivity index (χ3n) is 4.63. The number of nitrogens with zero attached hydrogens (tertiary/aromatic N) is 2. The molecule has 0 aliphatic carbocycles. The molecule has 2 aromatic carbocycles. The summed E-state index contributed by atoms with van der Waals surface area (Å²) in [5, 5.41) is 10.6. The second-order valence-corrected chi connectivity index (χ2v) is 9.12. The number of aliphatic hydroxyl groups is 1. The third-order valence-corrected chi connectivity index (χ3v) is 6.71. The molecular weight excluding hydrogens is 381 g/mol. The minimum absolute atomic E-state index is 0.136. The molecule has 3 N–H and O–H groups in total. The molecule has 3 rings (SSSR count). The Hall–Kier alpha value is -2.89. The van der Waals surface area contributed by atoms with Crippen LogP contribution in [0, 0.1) is 18.2 Å². The minimum atomic E-state index is -3.79. The summed E-state index contributed by atoms with van der Waals surface area (Å²) in [7, 11) is -3.79. The van der Waals surface area contributed by atoms with Gasteiger partial charge in [-0.15, -0.1) is 12.3 Å². The largest absolute Gasteiger partial charge is 0.379 e. The number of hydrogen-bond donors (Lipinski definition) is 2. The zero-order valence-corrected chi connectivity index (χ0v) is 16.2. The molecule has 3 aromatic rings. The number of anilines is 1. The molecule has 0 bridgehead atoms. The molecule has 1 atom stereocenters. The van der Waals surface area contributed by atoms with Crippen LogP contribution < -0.4 is 5.73 Å². The van der Waals surface area contributed by atoms with E-state index in [0.29, 0.717) is 11.1 Å². The summed E-state index contributed by atoms with van der Waals surface area (Å²) in [6.07, 6.45) is 5.31. The Labute approximate surface area is 162 Å². The van der Waals surface area contributed by atoms with Crippen LogP contribution in [0.5, 0.6) is 0 Å². The van der Waals surface area contributed by atoms with Crippen LogP contribution in [-0.2, 0) is 15.6 Å². The lowest BCUT2D eigenvalue weighted by Crippen LogP contribution is -2.27. The van der Waals surface area contributed by atoms with Gasteiger partial charge in [0.2, 0.25) is 16.0 Å². The third kappa shape index (κ3) is 3.13. The number of nitrogens with two attached hydrogens (primary N) is 1. The van der Waals surface area contributed by atoms with E-state index in [9.17, 15) is 17.9 Å². The number of halogens is 1.